The predicted molar refractivity (Wildman–Crippen MR) is 97.0 cm³/mol. The largest absolute Gasteiger partial charge is 0.481 e. The zero-order valence-corrected chi connectivity index (χ0v) is 14.8. The standard InChI is InChI=1S/C20H32O4/c1-2-3-11-15-18-20(24-18)17(21)14-12-9-7-5-4-6-8-10-13-16-19(22)23/h5-8,12,14,17-18,20-21H,2-4,9-11,13,15-16H2,1H3,(H,22,23)/t17?,18-,20-/m0/s1. The Labute approximate surface area is 145 Å². The first-order valence-electron chi connectivity index (χ1n) is 9.17. The van der Waals surface area contributed by atoms with Crippen molar-refractivity contribution >= 4 is 5.97 Å². The molecular formula is C20H32O4. The fourth-order valence-electron chi connectivity index (χ4n) is 2.55. The summed E-state index contributed by atoms with van der Waals surface area (Å²) in [6.07, 6.45) is 19.9. The van der Waals surface area contributed by atoms with Crippen LogP contribution in [-0.4, -0.2) is 34.5 Å². The van der Waals surface area contributed by atoms with E-state index in [2.05, 4.69) is 25.2 Å². The first-order chi connectivity index (χ1) is 11.6. The van der Waals surface area contributed by atoms with Crippen LogP contribution in [0, 0.1) is 0 Å². The van der Waals surface area contributed by atoms with Gasteiger partial charge in [0.1, 0.15) is 12.2 Å². The molecule has 2 N–H and O–H groups in total. The van der Waals surface area contributed by atoms with Gasteiger partial charge in [-0.1, -0.05) is 62.6 Å². The van der Waals surface area contributed by atoms with E-state index in [9.17, 15) is 9.90 Å². The van der Waals surface area contributed by atoms with Crippen molar-refractivity contribution in [3.05, 3.63) is 36.5 Å². The Hall–Kier alpha value is -1.39. The van der Waals surface area contributed by atoms with Gasteiger partial charge in [0.25, 0.3) is 0 Å². The van der Waals surface area contributed by atoms with E-state index in [0.717, 1.165) is 25.7 Å². The smallest absolute Gasteiger partial charge is 0.303 e. The van der Waals surface area contributed by atoms with Gasteiger partial charge in [0, 0.05) is 6.42 Å². The summed E-state index contributed by atoms with van der Waals surface area (Å²) in [7, 11) is 0. The van der Waals surface area contributed by atoms with E-state index in [1.54, 1.807) is 0 Å². The molecule has 0 aromatic heterocycles. The minimum atomic E-state index is -0.735. The van der Waals surface area contributed by atoms with Crippen LogP contribution in [0.4, 0.5) is 0 Å². The van der Waals surface area contributed by atoms with Crippen molar-refractivity contribution in [1.82, 2.24) is 0 Å². The fourth-order valence-corrected chi connectivity index (χ4v) is 2.55. The number of aliphatic carboxylic acids is 1. The SMILES string of the molecule is CCCCC[C@@H]1O[C@H]1C(O)C=CCC=CCC=CCCCC(=O)O. The molecule has 0 saturated carbocycles. The highest BCUT2D eigenvalue weighted by molar-refractivity contribution is 5.66. The Balaban J connectivity index is 2.00. The molecule has 1 fully saturated rings. The van der Waals surface area contributed by atoms with Crippen LogP contribution in [0.5, 0.6) is 0 Å². The summed E-state index contributed by atoms with van der Waals surface area (Å²) >= 11 is 0. The Morgan fingerprint density at radius 1 is 1.08 bits per heavy atom. The van der Waals surface area contributed by atoms with E-state index in [1.807, 2.05) is 18.2 Å². The zero-order valence-electron chi connectivity index (χ0n) is 14.8. The molecule has 1 aliphatic heterocycles. The van der Waals surface area contributed by atoms with Gasteiger partial charge in [-0.05, 0) is 32.1 Å². The number of carboxylic acid groups (broad SMARTS) is 1. The topological polar surface area (TPSA) is 70.1 Å². The van der Waals surface area contributed by atoms with Crippen LogP contribution in [0.3, 0.4) is 0 Å². The molecule has 4 nitrogen and oxygen atoms in total. The Kier molecular flexibility index (Phi) is 11.2. The van der Waals surface area contributed by atoms with Gasteiger partial charge in [-0.25, -0.2) is 0 Å². The number of epoxide rings is 1. The molecule has 0 aromatic rings. The van der Waals surface area contributed by atoms with Crippen molar-refractivity contribution in [2.45, 2.75) is 83.0 Å². The third-order valence-electron chi connectivity index (χ3n) is 4.02. The highest BCUT2D eigenvalue weighted by Gasteiger charge is 2.42. The van der Waals surface area contributed by atoms with Crippen LogP contribution < -0.4 is 0 Å². The number of hydrogen-bond acceptors (Lipinski definition) is 3. The van der Waals surface area contributed by atoms with Crippen LogP contribution in [0.1, 0.15) is 64.7 Å². The lowest BCUT2D eigenvalue weighted by Crippen LogP contribution is -2.13. The van der Waals surface area contributed by atoms with Gasteiger partial charge in [0.05, 0.1) is 6.10 Å². The van der Waals surface area contributed by atoms with Crippen molar-refractivity contribution in [3.8, 4) is 0 Å². The van der Waals surface area contributed by atoms with E-state index < -0.39 is 12.1 Å². The van der Waals surface area contributed by atoms with Gasteiger partial charge in [-0.3, -0.25) is 4.79 Å². The number of ether oxygens (including phenoxy) is 1. The van der Waals surface area contributed by atoms with E-state index in [4.69, 9.17) is 9.84 Å². The third kappa shape index (κ3) is 10.4. The summed E-state index contributed by atoms with van der Waals surface area (Å²) in [5, 5.41) is 18.5. The summed E-state index contributed by atoms with van der Waals surface area (Å²) in [4.78, 5) is 10.3. The number of allylic oxidation sites excluding steroid dienone is 5. The average molecular weight is 336 g/mol. The van der Waals surface area contributed by atoms with Crippen molar-refractivity contribution in [3.63, 3.8) is 0 Å². The molecule has 1 rings (SSSR count). The maximum absolute atomic E-state index is 10.3. The summed E-state index contributed by atoms with van der Waals surface area (Å²) in [5.41, 5.74) is 0. The van der Waals surface area contributed by atoms with Gasteiger partial charge in [0.15, 0.2) is 0 Å². The van der Waals surface area contributed by atoms with Crippen molar-refractivity contribution in [2.24, 2.45) is 0 Å². The maximum Gasteiger partial charge on any atom is 0.303 e. The predicted octanol–water partition coefficient (Wildman–Crippen LogP) is 4.40. The molecule has 0 spiro atoms. The second kappa shape index (κ2) is 13.0. The molecule has 24 heavy (non-hydrogen) atoms. The fraction of sp³-hybridized carbons (Fsp3) is 0.650. The van der Waals surface area contributed by atoms with Gasteiger partial charge >= 0.3 is 5.97 Å². The van der Waals surface area contributed by atoms with E-state index >= 15 is 0 Å². The van der Waals surface area contributed by atoms with Crippen LogP contribution in [0.25, 0.3) is 0 Å². The molecule has 1 heterocycles. The number of rotatable bonds is 14. The van der Waals surface area contributed by atoms with Gasteiger partial charge < -0.3 is 14.9 Å². The average Bonchev–Trinajstić information content (AvgIpc) is 3.32. The molecule has 1 unspecified atom stereocenters. The van der Waals surface area contributed by atoms with E-state index in [-0.39, 0.29) is 18.6 Å². The molecular weight excluding hydrogens is 304 g/mol. The zero-order chi connectivity index (χ0) is 17.6. The summed E-state index contributed by atoms with van der Waals surface area (Å²) in [6, 6.07) is 0. The molecule has 3 atom stereocenters. The van der Waals surface area contributed by atoms with E-state index in [0.29, 0.717) is 6.42 Å². The molecule has 1 saturated heterocycles. The van der Waals surface area contributed by atoms with Crippen LogP contribution in [0.2, 0.25) is 0 Å². The molecule has 0 aliphatic carbocycles. The molecule has 1 aliphatic rings. The Bertz CT molecular complexity index is 425. The first-order valence-corrected chi connectivity index (χ1v) is 9.17. The number of carboxylic acids is 1. The monoisotopic (exact) mass is 336 g/mol. The van der Waals surface area contributed by atoms with Crippen molar-refractivity contribution < 1.29 is 19.7 Å². The van der Waals surface area contributed by atoms with Crippen LogP contribution in [0.15, 0.2) is 36.5 Å². The van der Waals surface area contributed by atoms with Crippen LogP contribution >= 0.6 is 0 Å². The van der Waals surface area contributed by atoms with Gasteiger partial charge in [0.2, 0.25) is 0 Å². The summed E-state index contributed by atoms with van der Waals surface area (Å²) in [6.45, 7) is 2.19. The highest BCUT2D eigenvalue weighted by atomic mass is 16.6. The van der Waals surface area contributed by atoms with Crippen molar-refractivity contribution in [2.75, 3.05) is 0 Å². The Morgan fingerprint density at radius 2 is 1.79 bits per heavy atom. The van der Waals surface area contributed by atoms with Crippen molar-refractivity contribution in [1.29, 1.82) is 0 Å². The van der Waals surface area contributed by atoms with Gasteiger partial charge in [-0.15, -0.1) is 0 Å². The molecule has 0 bridgehead atoms. The van der Waals surface area contributed by atoms with Gasteiger partial charge in [-0.2, -0.15) is 0 Å². The number of unbranched alkanes of at least 4 members (excludes halogenated alkanes) is 3. The normalized spacial score (nSPS) is 21.9. The molecule has 0 radical (unpaired) electrons. The number of carbonyl (C=O) groups is 1. The highest BCUT2D eigenvalue weighted by Crippen LogP contribution is 2.30. The second-order valence-electron chi connectivity index (χ2n) is 6.25. The number of aliphatic hydroxyl groups is 1. The minimum Gasteiger partial charge on any atom is -0.481 e. The first kappa shape index (κ1) is 20.7. The number of hydrogen-bond donors (Lipinski definition) is 2. The number of aliphatic hydroxyl groups excluding tert-OH is 1. The lowest BCUT2D eigenvalue weighted by molar-refractivity contribution is -0.137. The summed E-state index contributed by atoms with van der Waals surface area (Å²) in [5.74, 6) is -0.735. The van der Waals surface area contributed by atoms with Crippen LogP contribution in [-0.2, 0) is 9.53 Å². The lowest BCUT2D eigenvalue weighted by atomic mass is 10.1. The Morgan fingerprint density at radius 3 is 2.50 bits per heavy atom. The molecule has 0 amide bonds. The maximum atomic E-state index is 10.3. The minimum absolute atomic E-state index is 0.00387. The van der Waals surface area contributed by atoms with E-state index in [1.165, 1.54) is 19.3 Å². The lowest BCUT2D eigenvalue weighted by Gasteiger charge is -2.00. The molecule has 0 aromatic carbocycles. The molecule has 4 heteroatoms. The third-order valence-corrected chi connectivity index (χ3v) is 4.02. The molecule has 136 valence electrons. The quantitative estimate of drug-likeness (QED) is 0.280. The summed E-state index contributed by atoms with van der Waals surface area (Å²) < 4.78 is 5.52. The second-order valence-corrected chi connectivity index (χ2v) is 6.25.